The maximum Gasteiger partial charge on any atom is 0.338 e. The Hall–Kier alpha value is -2.96. The predicted molar refractivity (Wildman–Crippen MR) is 105 cm³/mol. The highest BCUT2D eigenvalue weighted by Gasteiger charge is 2.23. The van der Waals surface area contributed by atoms with Crippen molar-refractivity contribution < 1.29 is 15.0 Å². The van der Waals surface area contributed by atoms with Crippen LogP contribution in [-0.4, -0.2) is 45.3 Å². The standard InChI is InChI=1S/C21H22N2O4/c1-2-22(12-13-24)14-18-19(21(26)27)16-10-6-7-11-17(16)20(25)23(18)15-8-4-3-5-9-15/h3-11,24H,2,12-14H2,1H3,(H,26,27). The molecule has 0 saturated heterocycles. The van der Waals surface area contributed by atoms with Gasteiger partial charge in [-0.15, -0.1) is 0 Å². The van der Waals surface area contributed by atoms with Gasteiger partial charge in [0.15, 0.2) is 0 Å². The van der Waals surface area contributed by atoms with Crippen LogP contribution in [0.1, 0.15) is 23.0 Å². The Bertz CT molecular complexity index is 1010. The van der Waals surface area contributed by atoms with Crippen molar-refractivity contribution in [1.82, 2.24) is 9.47 Å². The zero-order chi connectivity index (χ0) is 19.4. The van der Waals surface area contributed by atoms with E-state index in [0.717, 1.165) is 0 Å². The van der Waals surface area contributed by atoms with Gasteiger partial charge in [0.2, 0.25) is 0 Å². The number of aromatic carboxylic acids is 1. The van der Waals surface area contributed by atoms with Crippen LogP contribution in [0.4, 0.5) is 0 Å². The minimum Gasteiger partial charge on any atom is -0.478 e. The average molecular weight is 366 g/mol. The van der Waals surface area contributed by atoms with E-state index in [0.29, 0.717) is 35.2 Å². The van der Waals surface area contributed by atoms with Crippen molar-refractivity contribution in [1.29, 1.82) is 0 Å². The third-order valence-electron chi connectivity index (χ3n) is 4.65. The number of rotatable bonds is 7. The third-order valence-corrected chi connectivity index (χ3v) is 4.65. The smallest absolute Gasteiger partial charge is 0.338 e. The number of nitrogens with zero attached hydrogens (tertiary/aromatic N) is 2. The molecular formula is C21H22N2O4. The first-order valence-electron chi connectivity index (χ1n) is 8.87. The number of carboxylic acids is 1. The number of aliphatic hydroxyl groups is 1. The Kier molecular flexibility index (Phi) is 5.69. The number of fused-ring (bicyclic) bond motifs is 1. The van der Waals surface area contributed by atoms with E-state index >= 15 is 0 Å². The van der Waals surface area contributed by atoms with Crippen LogP contribution in [0.25, 0.3) is 16.5 Å². The summed E-state index contributed by atoms with van der Waals surface area (Å²) in [6.45, 7) is 3.15. The van der Waals surface area contributed by atoms with Crippen LogP contribution in [0.5, 0.6) is 0 Å². The van der Waals surface area contributed by atoms with Crippen molar-refractivity contribution in [3.63, 3.8) is 0 Å². The molecule has 1 heterocycles. The van der Waals surface area contributed by atoms with Crippen LogP contribution >= 0.6 is 0 Å². The van der Waals surface area contributed by atoms with Gasteiger partial charge in [-0.25, -0.2) is 4.79 Å². The van der Waals surface area contributed by atoms with Gasteiger partial charge in [-0.1, -0.05) is 43.3 Å². The summed E-state index contributed by atoms with van der Waals surface area (Å²) in [4.78, 5) is 27.3. The SMILES string of the molecule is CCN(CCO)Cc1c(C(=O)O)c2ccccc2c(=O)n1-c1ccccc1. The molecule has 0 atom stereocenters. The van der Waals surface area contributed by atoms with E-state index in [1.165, 1.54) is 4.57 Å². The van der Waals surface area contributed by atoms with Gasteiger partial charge in [-0.2, -0.15) is 0 Å². The first-order valence-corrected chi connectivity index (χ1v) is 8.87. The Balaban J connectivity index is 2.39. The second-order valence-corrected chi connectivity index (χ2v) is 6.24. The maximum absolute atomic E-state index is 13.3. The van der Waals surface area contributed by atoms with E-state index in [4.69, 9.17) is 0 Å². The van der Waals surface area contributed by atoms with Crippen molar-refractivity contribution in [3.8, 4) is 5.69 Å². The number of carbonyl (C=O) groups is 1. The van der Waals surface area contributed by atoms with Crippen molar-refractivity contribution in [2.45, 2.75) is 13.5 Å². The van der Waals surface area contributed by atoms with Gasteiger partial charge in [0.1, 0.15) is 0 Å². The van der Waals surface area contributed by atoms with E-state index in [9.17, 15) is 19.8 Å². The summed E-state index contributed by atoms with van der Waals surface area (Å²) in [5.41, 5.74) is 0.890. The molecule has 2 N–H and O–H groups in total. The summed E-state index contributed by atoms with van der Waals surface area (Å²) >= 11 is 0. The summed E-state index contributed by atoms with van der Waals surface area (Å²) < 4.78 is 1.48. The summed E-state index contributed by atoms with van der Waals surface area (Å²) in [5.74, 6) is -1.08. The number of aliphatic hydroxyl groups excluding tert-OH is 1. The van der Waals surface area contributed by atoms with Gasteiger partial charge >= 0.3 is 5.97 Å². The molecule has 0 aliphatic rings. The fraction of sp³-hybridized carbons (Fsp3) is 0.238. The minimum absolute atomic E-state index is 0.0423. The fourth-order valence-electron chi connectivity index (χ4n) is 3.34. The molecule has 1 aromatic heterocycles. The van der Waals surface area contributed by atoms with Crippen molar-refractivity contribution in [2.75, 3.05) is 19.7 Å². The molecule has 0 aliphatic heterocycles. The zero-order valence-corrected chi connectivity index (χ0v) is 15.1. The molecule has 0 amide bonds. The largest absolute Gasteiger partial charge is 0.478 e. The van der Waals surface area contributed by atoms with Crippen LogP contribution in [-0.2, 0) is 6.54 Å². The number of pyridine rings is 1. The summed E-state index contributed by atoms with van der Waals surface area (Å²) in [6.07, 6.45) is 0. The molecule has 0 bridgehead atoms. The molecule has 6 nitrogen and oxygen atoms in total. The van der Waals surface area contributed by atoms with E-state index in [-0.39, 0.29) is 24.3 Å². The third kappa shape index (κ3) is 3.63. The number of hydrogen-bond acceptors (Lipinski definition) is 4. The molecular weight excluding hydrogens is 344 g/mol. The van der Waals surface area contributed by atoms with Gasteiger partial charge in [0, 0.05) is 29.5 Å². The highest BCUT2D eigenvalue weighted by Crippen LogP contribution is 2.24. The Morgan fingerprint density at radius 3 is 2.26 bits per heavy atom. The summed E-state index contributed by atoms with van der Waals surface area (Å²) in [5, 5.41) is 20.1. The Morgan fingerprint density at radius 2 is 1.67 bits per heavy atom. The number of aromatic nitrogens is 1. The number of carboxylic acid groups (broad SMARTS) is 1. The number of likely N-dealkylation sites (N-methyl/N-ethyl adjacent to an activating group) is 1. The normalized spacial score (nSPS) is 11.2. The maximum atomic E-state index is 13.3. The zero-order valence-electron chi connectivity index (χ0n) is 15.1. The molecule has 3 rings (SSSR count). The highest BCUT2D eigenvalue weighted by molar-refractivity contribution is 6.04. The van der Waals surface area contributed by atoms with Crippen LogP contribution < -0.4 is 5.56 Å². The molecule has 0 unspecified atom stereocenters. The van der Waals surface area contributed by atoms with Crippen molar-refractivity contribution in [2.24, 2.45) is 0 Å². The van der Waals surface area contributed by atoms with Crippen LogP contribution in [0.3, 0.4) is 0 Å². The molecule has 140 valence electrons. The van der Waals surface area contributed by atoms with Crippen LogP contribution in [0.15, 0.2) is 59.4 Å². The average Bonchev–Trinajstić information content (AvgIpc) is 2.68. The quantitative estimate of drug-likeness (QED) is 0.671. The first kappa shape index (κ1) is 18.8. The van der Waals surface area contributed by atoms with Gasteiger partial charge < -0.3 is 10.2 Å². The lowest BCUT2D eigenvalue weighted by atomic mass is 10.0. The molecule has 27 heavy (non-hydrogen) atoms. The Labute approximate surface area is 156 Å². The van der Waals surface area contributed by atoms with Crippen LogP contribution in [0.2, 0.25) is 0 Å². The lowest BCUT2D eigenvalue weighted by molar-refractivity contribution is 0.0695. The molecule has 0 fully saturated rings. The molecule has 0 radical (unpaired) electrons. The summed E-state index contributed by atoms with van der Waals surface area (Å²) in [6, 6.07) is 15.8. The lowest BCUT2D eigenvalue weighted by Crippen LogP contribution is -2.33. The number of para-hydroxylation sites is 1. The van der Waals surface area contributed by atoms with Gasteiger partial charge in [0.25, 0.3) is 5.56 Å². The second-order valence-electron chi connectivity index (χ2n) is 6.24. The fourth-order valence-corrected chi connectivity index (χ4v) is 3.34. The minimum atomic E-state index is -1.08. The molecule has 0 saturated carbocycles. The Morgan fingerprint density at radius 1 is 1.04 bits per heavy atom. The van der Waals surface area contributed by atoms with Gasteiger partial charge in [-0.05, 0) is 24.7 Å². The lowest BCUT2D eigenvalue weighted by Gasteiger charge is -2.24. The second kappa shape index (κ2) is 8.16. The molecule has 3 aromatic rings. The molecule has 0 spiro atoms. The summed E-state index contributed by atoms with van der Waals surface area (Å²) in [7, 11) is 0. The topological polar surface area (TPSA) is 82.8 Å². The predicted octanol–water partition coefficient (Wildman–Crippen LogP) is 2.50. The van der Waals surface area contributed by atoms with Gasteiger partial charge in [0.05, 0.1) is 17.9 Å². The van der Waals surface area contributed by atoms with E-state index in [2.05, 4.69) is 0 Å². The van der Waals surface area contributed by atoms with E-state index in [1.54, 1.807) is 36.4 Å². The van der Waals surface area contributed by atoms with Gasteiger partial charge in [-0.3, -0.25) is 14.3 Å². The molecule has 6 heteroatoms. The number of benzene rings is 2. The highest BCUT2D eigenvalue weighted by atomic mass is 16.4. The van der Waals surface area contributed by atoms with Crippen molar-refractivity contribution >= 4 is 16.7 Å². The van der Waals surface area contributed by atoms with Crippen LogP contribution in [0, 0.1) is 0 Å². The first-order chi connectivity index (χ1) is 13.1. The monoisotopic (exact) mass is 366 g/mol. The molecule has 0 aliphatic carbocycles. The molecule has 2 aromatic carbocycles. The van der Waals surface area contributed by atoms with Crippen molar-refractivity contribution in [3.05, 3.63) is 76.2 Å². The number of hydrogen-bond donors (Lipinski definition) is 2. The van der Waals surface area contributed by atoms with E-state index in [1.807, 2.05) is 30.0 Å². The van der Waals surface area contributed by atoms with E-state index < -0.39 is 5.97 Å².